The lowest BCUT2D eigenvalue weighted by Gasteiger charge is -2.16. The fourth-order valence-corrected chi connectivity index (χ4v) is 4.30. The Morgan fingerprint density at radius 1 is 1.03 bits per heavy atom. The van der Waals surface area contributed by atoms with Crippen LogP contribution in [0.1, 0.15) is 23.0 Å². The summed E-state index contributed by atoms with van der Waals surface area (Å²) in [7, 11) is 1.54. The summed E-state index contributed by atoms with van der Waals surface area (Å²) >= 11 is 15.5. The number of furan rings is 1. The van der Waals surface area contributed by atoms with Crippen LogP contribution < -0.4 is 14.8 Å². The first kappa shape index (κ1) is 24.1. The number of halogens is 3. The Morgan fingerprint density at radius 3 is 2.47 bits per heavy atom. The zero-order valence-electron chi connectivity index (χ0n) is 18.0. The molecule has 3 aromatic carbocycles. The summed E-state index contributed by atoms with van der Waals surface area (Å²) in [4.78, 5) is 26.3. The monoisotopic (exact) mass is 561 g/mol. The van der Waals surface area contributed by atoms with Gasteiger partial charge in [-0.25, -0.2) is 0 Å². The number of anilines is 1. The first-order valence-corrected chi connectivity index (χ1v) is 11.7. The van der Waals surface area contributed by atoms with Crippen LogP contribution in [0.2, 0.25) is 10.0 Å². The van der Waals surface area contributed by atoms with Crippen LogP contribution in [0.25, 0.3) is 11.0 Å². The second-order valence-corrected chi connectivity index (χ2v) is 9.00. The molecule has 1 unspecified atom stereocenters. The summed E-state index contributed by atoms with van der Waals surface area (Å²) in [6, 6.07) is 16.7. The van der Waals surface area contributed by atoms with Gasteiger partial charge in [0.05, 0.1) is 22.3 Å². The van der Waals surface area contributed by atoms with Crippen molar-refractivity contribution >= 4 is 67.5 Å². The van der Waals surface area contributed by atoms with E-state index in [4.69, 9.17) is 37.1 Å². The van der Waals surface area contributed by atoms with Crippen molar-refractivity contribution in [2.24, 2.45) is 0 Å². The van der Waals surface area contributed by atoms with E-state index in [9.17, 15) is 9.59 Å². The maximum Gasteiger partial charge on any atom is 0.265 e. The van der Waals surface area contributed by atoms with Gasteiger partial charge in [0.25, 0.3) is 5.91 Å². The van der Waals surface area contributed by atoms with Crippen molar-refractivity contribution in [1.82, 2.24) is 0 Å². The molecule has 0 aliphatic carbocycles. The SMILES string of the molecule is COc1ccc(C(=O)c2oc3ccccc3c2NC(=O)C(C)Oc2ccc(Cl)cc2Cl)cc1Br. The van der Waals surface area contributed by atoms with Crippen LogP contribution in [-0.2, 0) is 4.79 Å². The van der Waals surface area contributed by atoms with Crippen molar-refractivity contribution < 1.29 is 23.5 Å². The van der Waals surface area contributed by atoms with Crippen LogP contribution in [0.3, 0.4) is 0 Å². The molecule has 0 aliphatic rings. The van der Waals surface area contributed by atoms with E-state index in [1.165, 1.54) is 13.2 Å². The van der Waals surface area contributed by atoms with Crippen LogP contribution in [0.5, 0.6) is 11.5 Å². The van der Waals surface area contributed by atoms with Gasteiger partial charge in [-0.1, -0.05) is 35.3 Å². The van der Waals surface area contributed by atoms with E-state index in [0.717, 1.165) is 0 Å². The van der Waals surface area contributed by atoms with Crippen LogP contribution in [0, 0.1) is 0 Å². The molecule has 0 radical (unpaired) electrons. The Labute approximate surface area is 213 Å². The minimum atomic E-state index is -0.926. The summed E-state index contributed by atoms with van der Waals surface area (Å²) < 4.78 is 17.4. The van der Waals surface area contributed by atoms with Crippen molar-refractivity contribution in [1.29, 1.82) is 0 Å². The molecule has 0 saturated carbocycles. The molecule has 174 valence electrons. The van der Waals surface area contributed by atoms with Crippen molar-refractivity contribution in [3.05, 3.63) is 86.5 Å². The summed E-state index contributed by atoms with van der Waals surface area (Å²) in [5.41, 5.74) is 1.08. The van der Waals surface area contributed by atoms with Gasteiger partial charge >= 0.3 is 0 Å². The van der Waals surface area contributed by atoms with Crippen LogP contribution in [0.15, 0.2) is 69.6 Å². The van der Waals surface area contributed by atoms with Crippen molar-refractivity contribution in [3.8, 4) is 11.5 Å². The molecule has 6 nitrogen and oxygen atoms in total. The normalized spacial score (nSPS) is 11.8. The topological polar surface area (TPSA) is 77.8 Å². The third-order valence-electron chi connectivity index (χ3n) is 5.03. The maximum absolute atomic E-state index is 13.3. The number of benzene rings is 3. The smallest absolute Gasteiger partial charge is 0.265 e. The van der Waals surface area contributed by atoms with Gasteiger partial charge in [-0.15, -0.1) is 0 Å². The highest BCUT2D eigenvalue weighted by Gasteiger charge is 2.26. The predicted octanol–water partition coefficient (Wildman–Crippen LogP) is 7.15. The molecule has 0 spiro atoms. The van der Waals surface area contributed by atoms with Gasteiger partial charge in [0.1, 0.15) is 17.1 Å². The van der Waals surface area contributed by atoms with Crippen molar-refractivity contribution in [2.75, 3.05) is 12.4 Å². The first-order chi connectivity index (χ1) is 16.3. The Kier molecular flexibility index (Phi) is 7.16. The van der Waals surface area contributed by atoms with E-state index in [2.05, 4.69) is 21.2 Å². The molecule has 4 rings (SSSR count). The molecule has 0 saturated heterocycles. The number of para-hydroxylation sites is 1. The first-order valence-electron chi connectivity index (χ1n) is 10.1. The molecule has 0 fully saturated rings. The predicted molar refractivity (Wildman–Crippen MR) is 136 cm³/mol. The maximum atomic E-state index is 13.3. The lowest BCUT2D eigenvalue weighted by molar-refractivity contribution is -0.122. The average molecular weight is 563 g/mol. The number of nitrogens with one attached hydrogen (secondary N) is 1. The van der Waals surface area contributed by atoms with E-state index in [1.54, 1.807) is 61.5 Å². The average Bonchev–Trinajstić information content (AvgIpc) is 3.18. The highest BCUT2D eigenvalue weighted by molar-refractivity contribution is 9.10. The minimum Gasteiger partial charge on any atom is -0.496 e. The lowest BCUT2D eigenvalue weighted by Crippen LogP contribution is -2.30. The Hall–Kier alpha value is -3.00. The number of ether oxygens (including phenoxy) is 2. The van der Waals surface area contributed by atoms with Crippen molar-refractivity contribution in [3.63, 3.8) is 0 Å². The third-order valence-corrected chi connectivity index (χ3v) is 6.18. The molecule has 1 N–H and O–H groups in total. The zero-order chi connectivity index (χ0) is 24.4. The van der Waals surface area contributed by atoms with Gasteiger partial charge in [0.15, 0.2) is 11.9 Å². The second kappa shape index (κ2) is 10.1. The van der Waals surface area contributed by atoms with E-state index >= 15 is 0 Å². The van der Waals surface area contributed by atoms with Crippen LogP contribution >= 0.6 is 39.1 Å². The van der Waals surface area contributed by atoms with E-state index < -0.39 is 17.8 Å². The molecule has 1 heterocycles. The molecule has 1 aromatic heterocycles. The van der Waals surface area contributed by atoms with Gasteiger partial charge in [0, 0.05) is 16.0 Å². The minimum absolute atomic E-state index is 0.00309. The molecular formula is C25H18BrCl2NO5. The third kappa shape index (κ3) is 4.92. The summed E-state index contributed by atoms with van der Waals surface area (Å²) in [5.74, 6) is 0.0155. The number of carbonyl (C=O) groups is 2. The number of methoxy groups -OCH3 is 1. The molecule has 0 bridgehead atoms. The van der Waals surface area contributed by atoms with Gasteiger partial charge in [-0.3, -0.25) is 9.59 Å². The number of amides is 1. The summed E-state index contributed by atoms with van der Waals surface area (Å²) in [6.07, 6.45) is -0.926. The Balaban J connectivity index is 1.65. The van der Waals surface area contributed by atoms with E-state index in [0.29, 0.717) is 37.5 Å². The van der Waals surface area contributed by atoms with Gasteiger partial charge in [-0.05, 0) is 71.4 Å². The highest BCUT2D eigenvalue weighted by atomic mass is 79.9. The quantitative estimate of drug-likeness (QED) is 0.242. The van der Waals surface area contributed by atoms with Crippen molar-refractivity contribution in [2.45, 2.75) is 13.0 Å². The Morgan fingerprint density at radius 2 is 1.76 bits per heavy atom. The fourth-order valence-electron chi connectivity index (χ4n) is 3.31. The number of rotatable bonds is 7. The largest absolute Gasteiger partial charge is 0.496 e. The fraction of sp³-hybridized carbons (Fsp3) is 0.120. The molecule has 1 amide bonds. The summed E-state index contributed by atoms with van der Waals surface area (Å²) in [6.45, 7) is 1.57. The lowest BCUT2D eigenvalue weighted by atomic mass is 10.1. The highest BCUT2D eigenvalue weighted by Crippen LogP contribution is 2.34. The number of carbonyl (C=O) groups excluding carboxylic acids is 2. The van der Waals surface area contributed by atoms with E-state index in [1.807, 2.05) is 0 Å². The molecule has 0 aliphatic heterocycles. The van der Waals surface area contributed by atoms with Gasteiger partial charge < -0.3 is 19.2 Å². The number of ketones is 1. The molecule has 1 atom stereocenters. The van der Waals surface area contributed by atoms with Gasteiger partial charge in [-0.2, -0.15) is 0 Å². The molecular weight excluding hydrogens is 545 g/mol. The van der Waals surface area contributed by atoms with Crippen LogP contribution in [0.4, 0.5) is 5.69 Å². The molecule has 4 aromatic rings. The molecule has 34 heavy (non-hydrogen) atoms. The van der Waals surface area contributed by atoms with Gasteiger partial charge in [0.2, 0.25) is 5.78 Å². The molecule has 9 heteroatoms. The standard InChI is InChI=1S/C25H18BrCl2NO5/c1-13(33-21-10-8-15(27)12-18(21)28)25(31)29-22-16-5-3-4-6-19(16)34-24(22)23(30)14-7-9-20(32-2)17(26)11-14/h3-13H,1-2H3,(H,29,31). The summed E-state index contributed by atoms with van der Waals surface area (Å²) in [5, 5.41) is 4.11. The zero-order valence-corrected chi connectivity index (χ0v) is 21.1. The number of hydrogen-bond acceptors (Lipinski definition) is 5. The number of fused-ring (bicyclic) bond motifs is 1. The number of hydrogen-bond donors (Lipinski definition) is 1. The second-order valence-electron chi connectivity index (χ2n) is 7.30. The van der Waals surface area contributed by atoms with E-state index in [-0.39, 0.29) is 16.5 Å². The Bertz CT molecular complexity index is 1400. The van der Waals surface area contributed by atoms with Crippen LogP contribution in [-0.4, -0.2) is 24.9 Å².